The van der Waals surface area contributed by atoms with Gasteiger partial charge < -0.3 is 15.5 Å². The molecule has 3 heterocycles. The summed E-state index contributed by atoms with van der Waals surface area (Å²) in [5.41, 5.74) is 0.436. The number of piperidine rings is 1. The van der Waals surface area contributed by atoms with Crippen molar-refractivity contribution in [2.75, 3.05) is 39.3 Å². The fourth-order valence-electron chi connectivity index (χ4n) is 3.72. The molecule has 1 aromatic heterocycles. The summed E-state index contributed by atoms with van der Waals surface area (Å²) >= 11 is 0. The minimum atomic E-state index is -0.0995. The Morgan fingerprint density at radius 3 is 2.73 bits per heavy atom. The molecule has 2 fully saturated rings. The summed E-state index contributed by atoms with van der Waals surface area (Å²) in [6, 6.07) is 0.361. The molecular weight excluding hydrogens is 375 g/mol. The largest absolute Gasteiger partial charge is 0.350 e. The van der Waals surface area contributed by atoms with E-state index in [2.05, 4.69) is 39.7 Å². The van der Waals surface area contributed by atoms with E-state index in [4.69, 9.17) is 0 Å². The van der Waals surface area contributed by atoms with E-state index in [0.717, 1.165) is 58.5 Å². The molecule has 0 aliphatic carbocycles. The van der Waals surface area contributed by atoms with E-state index in [1.165, 1.54) is 0 Å². The Kier molecular flexibility index (Phi) is 9.85. The molecule has 9 heteroatoms. The minimum absolute atomic E-state index is 0. The molecule has 2 saturated heterocycles. The quantitative estimate of drug-likeness (QED) is 0.752. The van der Waals surface area contributed by atoms with Crippen molar-refractivity contribution < 1.29 is 4.79 Å². The van der Waals surface area contributed by atoms with Crippen LogP contribution in [0, 0.1) is 11.8 Å². The molecule has 1 aromatic rings. The van der Waals surface area contributed by atoms with Gasteiger partial charge >= 0.3 is 0 Å². The van der Waals surface area contributed by atoms with Crippen molar-refractivity contribution in [1.29, 1.82) is 0 Å². The van der Waals surface area contributed by atoms with Crippen molar-refractivity contribution in [3.8, 4) is 0 Å². The highest BCUT2D eigenvalue weighted by atomic mass is 35.5. The molecule has 0 saturated carbocycles. The smallest absolute Gasteiger partial charge is 0.273 e. The number of nitrogens with one attached hydrogen (secondary N) is 2. The lowest BCUT2D eigenvalue weighted by atomic mass is 10.1. The van der Waals surface area contributed by atoms with Gasteiger partial charge in [-0.2, -0.15) is 0 Å². The Morgan fingerprint density at radius 2 is 2.04 bits per heavy atom. The van der Waals surface area contributed by atoms with Crippen molar-refractivity contribution >= 4 is 30.7 Å². The molecule has 0 radical (unpaired) electrons. The Balaban J connectivity index is 0.00000169. The monoisotopic (exact) mass is 406 g/mol. The maximum absolute atomic E-state index is 12.3. The maximum atomic E-state index is 12.3. The van der Waals surface area contributed by atoms with Crippen molar-refractivity contribution in [2.45, 2.75) is 39.2 Å². The maximum Gasteiger partial charge on any atom is 0.273 e. The molecule has 1 unspecified atom stereocenters. The highest BCUT2D eigenvalue weighted by molar-refractivity contribution is 5.91. The number of carbonyl (C=O) groups excluding carboxylic acids is 1. The number of hydrogen-bond donors (Lipinski definition) is 2. The van der Waals surface area contributed by atoms with Gasteiger partial charge in [-0.25, -0.2) is 4.68 Å². The van der Waals surface area contributed by atoms with E-state index in [1.807, 2.05) is 4.68 Å². The molecule has 3 rings (SSSR count). The molecule has 0 bridgehead atoms. The Hall–Kier alpha value is -0.890. The number of hydrogen-bond acceptors (Lipinski definition) is 5. The molecule has 0 spiro atoms. The van der Waals surface area contributed by atoms with Crippen LogP contribution >= 0.6 is 24.8 Å². The van der Waals surface area contributed by atoms with Gasteiger partial charge in [-0.05, 0) is 50.7 Å². The van der Waals surface area contributed by atoms with Gasteiger partial charge in [0.25, 0.3) is 5.91 Å². The molecule has 150 valence electrons. The summed E-state index contributed by atoms with van der Waals surface area (Å²) in [6.45, 7) is 10.6. The van der Waals surface area contributed by atoms with Crippen LogP contribution in [-0.4, -0.2) is 65.1 Å². The van der Waals surface area contributed by atoms with Crippen LogP contribution in [-0.2, 0) is 0 Å². The Labute approximate surface area is 168 Å². The lowest BCUT2D eigenvalue weighted by Gasteiger charge is -2.22. The average molecular weight is 407 g/mol. The van der Waals surface area contributed by atoms with Gasteiger partial charge in [0, 0.05) is 19.6 Å². The molecule has 2 aliphatic heterocycles. The van der Waals surface area contributed by atoms with Crippen LogP contribution in [0.2, 0.25) is 0 Å². The fraction of sp³-hybridized carbons (Fsp3) is 0.824. The van der Waals surface area contributed by atoms with Gasteiger partial charge in [0.05, 0.1) is 12.2 Å². The second-order valence-electron chi connectivity index (χ2n) is 7.58. The van der Waals surface area contributed by atoms with Gasteiger partial charge in [-0.3, -0.25) is 4.79 Å². The average Bonchev–Trinajstić information content (AvgIpc) is 3.22. The Bertz CT molecular complexity index is 547. The number of carbonyl (C=O) groups is 1. The number of halogens is 2. The minimum Gasteiger partial charge on any atom is -0.350 e. The third kappa shape index (κ3) is 6.37. The van der Waals surface area contributed by atoms with Crippen LogP contribution in [0.4, 0.5) is 0 Å². The molecule has 1 amide bonds. The topological polar surface area (TPSA) is 75.1 Å². The highest BCUT2D eigenvalue weighted by Crippen LogP contribution is 2.18. The van der Waals surface area contributed by atoms with E-state index in [0.29, 0.717) is 23.6 Å². The fourth-order valence-corrected chi connectivity index (χ4v) is 3.72. The first-order valence-electron chi connectivity index (χ1n) is 9.25. The number of nitrogens with zero attached hydrogens (tertiary/aromatic N) is 4. The van der Waals surface area contributed by atoms with Crippen LogP contribution in [0.3, 0.4) is 0 Å². The predicted molar refractivity (Wildman–Crippen MR) is 107 cm³/mol. The summed E-state index contributed by atoms with van der Waals surface area (Å²) < 4.78 is 1.86. The number of likely N-dealkylation sites (tertiary alicyclic amines) is 1. The van der Waals surface area contributed by atoms with E-state index < -0.39 is 0 Å². The first-order chi connectivity index (χ1) is 11.6. The van der Waals surface area contributed by atoms with Crippen LogP contribution in [0.5, 0.6) is 0 Å². The summed E-state index contributed by atoms with van der Waals surface area (Å²) in [7, 11) is 0. The third-order valence-electron chi connectivity index (χ3n) is 4.97. The van der Waals surface area contributed by atoms with Crippen molar-refractivity contribution in [2.24, 2.45) is 11.8 Å². The predicted octanol–water partition coefficient (Wildman–Crippen LogP) is 1.75. The van der Waals surface area contributed by atoms with Gasteiger partial charge in [0.1, 0.15) is 0 Å². The zero-order chi connectivity index (χ0) is 16.9. The van der Waals surface area contributed by atoms with E-state index >= 15 is 0 Å². The molecule has 26 heavy (non-hydrogen) atoms. The number of aromatic nitrogens is 3. The second-order valence-corrected chi connectivity index (χ2v) is 7.58. The standard InChI is InChI=1S/C17H30N6O.2ClH/c1-13(2)10-22-8-5-14(11-22)9-19-17(24)16-12-23(21-20-16)15-3-6-18-7-4-15;;/h12-15,18H,3-11H2,1-2H3,(H,19,24);2*1H. The first-order valence-corrected chi connectivity index (χ1v) is 9.25. The molecule has 7 nitrogen and oxygen atoms in total. The van der Waals surface area contributed by atoms with E-state index in [1.54, 1.807) is 6.20 Å². The second kappa shape index (κ2) is 11.1. The molecule has 2 N–H and O–H groups in total. The van der Waals surface area contributed by atoms with Crippen LogP contribution < -0.4 is 10.6 Å². The van der Waals surface area contributed by atoms with Crippen molar-refractivity contribution in [1.82, 2.24) is 30.5 Å². The molecule has 2 aliphatic rings. The van der Waals surface area contributed by atoms with Gasteiger partial charge in [-0.15, -0.1) is 29.9 Å². The van der Waals surface area contributed by atoms with Gasteiger partial charge in [0.15, 0.2) is 5.69 Å². The summed E-state index contributed by atoms with van der Waals surface area (Å²) in [6.07, 6.45) is 5.04. The number of rotatable bonds is 6. The summed E-state index contributed by atoms with van der Waals surface area (Å²) in [5.74, 6) is 1.15. The number of amides is 1. The van der Waals surface area contributed by atoms with Crippen LogP contribution in [0.25, 0.3) is 0 Å². The van der Waals surface area contributed by atoms with E-state index in [-0.39, 0.29) is 30.7 Å². The van der Waals surface area contributed by atoms with Gasteiger partial charge in [0.2, 0.25) is 0 Å². The third-order valence-corrected chi connectivity index (χ3v) is 4.97. The van der Waals surface area contributed by atoms with Crippen molar-refractivity contribution in [3.63, 3.8) is 0 Å². The summed E-state index contributed by atoms with van der Waals surface area (Å²) in [4.78, 5) is 14.8. The molecular formula is C17H32Cl2N6O. The highest BCUT2D eigenvalue weighted by Gasteiger charge is 2.24. The lowest BCUT2D eigenvalue weighted by molar-refractivity contribution is 0.0942. The van der Waals surface area contributed by atoms with Crippen molar-refractivity contribution in [3.05, 3.63) is 11.9 Å². The lowest BCUT2D eigenvalue weighted by Crippen LogP contribution is -2.32. The summed E-state index contributed by atoms with van der Waals surface area (Å²) in [5, 5.41) is 14.6. The first kappa shape index (κ1) is 23.1. The van der Waals surface area contributed by atoms with E-state index in [9.17, 15) is 4.79 Å². The van der Waals surface area contributed by atoms with Gasteiger partial charge in [-0.1, -0.05) is 19.1 Å². The van der Waals surface area contributed by atoms with Crippen LogP contribution in [0.15, 0.2) is 6.20 Å². The molecule has 1 atom stereocenters. The Morgan fingerprint density at radius 1 is 1.31 bits per heavy atom. The zero-order valence-electron chi connectivity index (χ0n) is 15.7. The zero-order valence-corrected chi connectivity index (χ0v) is 17.3. The SMILES string of the molecule is CC(C)CN1CCC(CNC(=O)c2cn(C3CCNCC3)nn2)C1.Cl.Cl. The van der Waals surface area contributed by atoms with Crippen LogP contribution in [0.1, 0.15) is 49.6 Å². The molecule has 0 aromatic carbocycles. The normalized spacial score (nSPS) is 21.3.